The lowest BCUT2D eigenvalue weighted by Gasteiger charge is -2.30. The first-order valence-electron chi connectivity index (χ1n) is 9.83. The molecule has 1 atom stereocenters. The number of nitrogens with one attached hydrogen (secondary N) is 1. The maximum absolute atomic E-state index is 5.58. The number of aliphatic imine (C=N–C) groups is 1. The average molecular weight is 359 g/mol. The number of likely N-dealkylation sites (N-methyl/N-ethyl adjacent to an activating group) is 1. The van der Waals surface area contributed by atoms with Crippen molar-refractivity contribution in [1.29, 1.82) is 0 Å². The number of methoxy groups -OCH3 is 1. The number of ether oxygens (including phenoxy) is 1. The summed E-state index contributed by atoms with van der Waals surface area (Å²) in [5.41, 5.74) is 1.76. The predicted molar refractivity (Wildman–Crippen MR) is 108 cm³/mol. The van der Waals surface area contributed by atoms with Gasteiger partial charge in [-0.05, 0) is 44.8 Å². The van der Waals surface area contributed by atoms with Crippen molar-refractivity contribution >= 4 is 5.96 Å². The number of hydrogen-bond acceptors (Lipinski definition) is 3. The van der Waals surface area contributed by atoms with E-state index in [4.69, 9.17) is 4.74 Å². The molecule has 1 spiro atoms. The summed E-state index contributed by atoms with van der Waals surface area (Å²) in [6.07, 6.45) is 6.90. The molecule has 5 nitrogen and oxygen atoms in total. The molecule has 2 aliphatic rings. The van der Waals surface area contributed by atoms with Crippen molar-refractivity contribution < 1.29 is 4.74 Å². The number of nitrogens with zero attached hydrogens (tertiary/aromatic N) is 3. The van der Waals surface area contributed by atoms with Gasteiger partial charge >= 0.3 is 0 Å². The van der Waals surface area contributed by atoms with E-state index in [9.17, 15) is 0 Å². The number of guanidine groups is 1. The molecule has 0 aromatic heterocycles. The molecule has 3 rings (SSSR count). The van der Waals surface area contributed by atoms with Gasteiger partial charge in [0.25, 0.3) is 0 Å². The fraction of sp³-hybridized carbons (Fsp3) is 0.667. The lowest BCUT2D eigenvalue weighted by molar-refractivity contribution is 0.282. The van der Waals surface area contributed by atoms with E-state index >= 15 is 0 Å². The van der Waals surface area contributed by atoms with E-state index in [1.165, 1.54) is 37.7 Å². The van der Waals surface area contributed by atoms with Gasteiger partial charge in [0, 0.05) is 32.2 Å². The van der Waals surface area contributed by atoms with E-state index < -0.39 is 0 Å². The summed E-state index contributed by atoms with van der Waals surface area (Å²) >= 11 is 0. The summed E-state index contributed by atoms with van der Waals surface area (Å²) in [7, 11) is 7.87. The SMILES string of the molecule is CN=C(NCC(c1ccccc1OC)N(C)C)N1CCC2(CCCC2)C1. The third kappa shape index (κ3) is 3.98. The molecule has 144 valence electrons. The Morgan fingerprint density at radius 2 is 2.00 bits per heavy atom. The summed E-state index contributed by atoms with van der Waals surface area (Å²) in [5.74, 6) is 1.98. The Balaban J connectivity index is 1.66. The summed E-state index contributed by atoms with van der Waals surface area (Å²) in [4.78, 5) is 9.27. The van der Waals surface area contributed by atoms with Gasteiger partial charge < -0.3 is 19.9 Å². The summed E-state index contributed by atoms with van der Waals surface area (Å²) in [5, 5.41) is 3.63. The molecule has 1 saturated carbocycles. The minimum Gasteiger partial charge on any atom is -0.496 e. The van der Waals surface area contributed by atoms with E-state index in [0.29, 0.717) is 5.41 Å². The van der Waals surface area contributed by atoms with Crippen molar-refractivity contribution in [3.05, 3.63) is 29.8 Å². The second-order valence-electron chi connectivity index (χ2n) is 8.03. The number of para-hydroxylation sites is 1. The maximum Gasteiger partial charge on any atom is 0.193 e. The molecule has 1 N–H and O–H groups in total. The van der Waals surface area contributed by atoms with Crippen LogP contribution >= 0.6 is 0 Å². The normalized spacial score (nSPS) is 20.8. The van der Waals surface area contributed by atoms with E-state index in [-0.39, 0.29) is 6.04 Å². The van der Waals surface area contributed by atoms with Gasteiger partial charge in [-0.1, -0.05) is 31.0 Å². The van der Waals surface area contributed by atoms with Crippen LogP contribution in [0, 0.1) is 5.41 Å². The summed E-state index contributed by atoms with van der Waals surface area (Å²) in [6, 6.07) is 8.51. The van der Waals surface area contributed by atoms with E-state index in [1.54, 1.807) is 7.11 Å². The number of hydrogen-bond donors (Lipinski definition) is 1. The van der Waals surface area contributed by atoms with Crippen LogP contribution in [0.15, 0.2) is 29.3 Å². The summed E-state index contributed by atoms with van der Waals surface area (Å²) < 4.78 is 5.58. The fourth-order valence-corrected chi connectivity index (χ4v) is 4.68. The smallest absolute Gasteiger partial charge is 0.193 e. The van der Waals surface area contributed by atoms with E-state index in [0.717, 1.165) is 31.3 Å². The van der Waals surface area contributed by atoms with Crippen molar-refractivity contribution in [2.45, 2.75) is 38.1 Å². The van der Waals surface area contributed by atoms with Crippen LogP contribution < -0.4 is 10.1 Å². The van der Waals surface area contributed by atoms with Crippen LogP contribution in [0.3, 0.4) is 0 Å². The summed E-state index contributed by atoms with van der Waals surface area (Å²) in [6.45, 7) is 3.10. The number of likely N-dealkylation sites (tertiary alicyclic amines) is 1. The van der Waals surface area contributed by atoms with Gasteiger partial charge in [0.05, 0.1) is 13.2 Å². The van der Waals surface area contributed by atoms with Crippen molar-refractivity contribution in [2.75, 3.05) is 47.9 Å². The first kappa shape index (κ1) is 19.0. The lowest BCUT2D eigenvalue weighted by atomic mass is 9.86. The zero-order valence-electron chi connectivity index (χ0n) is 16.8. The van der Waals surface area contributed by atoms with Gasteiger partial charge in [0.2, 0.25) is 0 Å². The Morgan fingerprint density at radius 3 is 2.65 bits per heavy atom. The fourth-order valence-electron chi connectivity index (χ4n) is 4.68. The number of rotatable bonds is 5. The maximum atomic E-state index is 5.58. The van der Waals surface area contributed by atoms with Crippen molar-refractivity contribution in [1.82, 2.24) is 15.1 Å². The van der Waals surface area contributed by atoms with Crippen LogP contribution in [-0.4, -0.2) is 63.6 Å². The van der Waals surface area contributed by atoms with E-state index in [1.807, 2.05) is 19.2 Å². The number of benzene rings is 1. The van der Waals surface area contributed by atoms with Gasteiger partial charge in [0.15, 0.2) is 5.96 Å². The van der Waals surface area contributed by atoms with Crippen molar-refractivity contribution in [3.8, 4) is 5.75 Å². The molecule has 1 aliphatic heterocycles. The third-order valence-corrected chi connectivity index (χ3v) is 6.19. The predicted octanol–water partition coefficient (Wildman–Crippen LogP) is 3.14. The monoisotopic (exact) mass is 358 g/mol. The Labute approximate surface area is 158 Å². The molecule has 26 heavy (non-hydrogen) atoms. The van der Waals surface area contributed by atoms with Gasteiger partial charge in [-0.25, -0.2) is 0 Å². The zero-order valence-corrected chi connectivity index (χ0v) is 16.8. The second kappa shape index (κ2) is 8.30. The molecule has 0 amide bonds. The second-order valence-corrected chi connectivity index (χ2v) is 8.03. The van der Waals surface area contributed by atoms with Gasteiger partial charge in [0.1, 0.15) is 5.75 Å². The standard InChI is InChI=1S/C21H34N4O/c1-22-20(25-14-13-21(16-25)11-7-8-12-21)23-15-18(24(2)3)17-9-5-6-10-19(17)26-4/h5-6,9-10,18H,7-8,11-16H2,1-4H3,(H,22,23). The Kier molecular flexibility index (Phi) is 6.07. The topological polar surface area (TPSA) is 40.1 Å². The van der Waals surface area contributed by atoms with Gasteiger partial charge in [-0.15, -0.1) is 0 Å². The molecule has 2 fully saturated rings. The largest absolute Gasteiger partial charge is 0.496 e. The molecule has 1 heterocycles. The highest BCUT2D eigenvalue weighted by Crippen LogP contribution is 2.45. The Morgan fingerprint density at radius 1 is 1.27 bits per heavy atom. The minimum atomic E-state index is 0.228. The van der Waals surface area contributed by atoms with Crippen LogP contribution in [0.2, 0.25) is 0 Å². The Bertz CT molecular complexity index is 622. The van der Waals surface area contributed by atoms with Crippen LogP contribution in [0.5, 0.6) is 5.75 Å². The average Bonchev–Trinajstić information content (AvgIpc) is 3.29. The van der Waals surface area contributed by atoms with Crippen molar-refractivity contribution in [3.63, 3.8) is 0 Å². The molecule has 1 unspecified atom stereocenters. The molecule has 0 radical (unpaired) electrons. The highest BCUT2D eigenvalue weighted by molar-refractivity contribution is 5.80. The van der Waals surface area contributed by atoms with Gasteiger partial charge in [-0.2, -0.15) is 0 Å². The molecule has 1 aromatic carbocycles. The molecule has 5 heteroatoms. The molecular weight excluding hydrogens is 324 g/mol. The van der Waals surface area contributed by atoms with Crippen molar-refractivity contribution in [2.24, 2.45) is 10.4 Å². The van der Waals surface area contributed by atoms with Crippen LogP contribution in [0.1, 0.15) is 43.7 Å². The van der Waals surface area contributed by atoms with Gasteiger partial charge in [-0.3, -0.25) is 4.99 Å². The highest BCUT2D eigenvalue weighted by atomic mass is 16.5. The molecular formula is C21H34N4O. The first-order chi connectivity index (χ1) is 12.6. The van der Waals surface area contributed by atoms with Crippen LogP contribution in [0.25, 0.3) is 0 Å². The lowest BCUT2D eigenvalue weighted by Crippen LogP contribution is -2.44. The first-order valence-corrected chi connectivity index (χ1v) is 9.83. The minimum absolute atomic E-state index is 0.228. The zero-order chi connectivity index (χ0) is 18.6. The van der Waals surface area contributed by atoms with Crippen LogP contribution in [0.4, 0.5) is 0 Å². The van der Waals surface area contributed by atoms with Crippen LogP contribution in [-0.2, 0) is 0 Å². The molecule has 1 aliphatic carbocycles. The third-order valence-electron chi connectivity index (χ3n) is 6.19. The Hall–Kier alpha value is -1.75. The quantitative estimate of drug-likeness (QED) is 0.648. The highest BCUT2D eigenvalue weighted by Gasteiger charge is 2.41. The van der Waals surface area contributed by atoms with E-state index in [2.05, 4.69) is 46.3 Å². The molecule has 1 saturated heterocycles. The molecule has 0 bridgehead atoms. The molecule has 1 aromatic rings.